The maximum Gasteiger partial charge on any atom is 0.314 e. The molecule has 0 bridgehead atoms. The van der Waals surface area contributed by atoms with Gasteiger partial charge in [0.05, 0.1) is 11.5 Å². The smallest absolute Gasteiger partial charge is 0.314 e. The Morgan fingerprint density at radius 3 is 3.00 bits per heavy atom. The van der Waals surface area contributed by atoms with Gasteiger partial charge in [-0.1, -0.05) is 18.2 Å². The number of aliphatic hydroxyl groups is 1. The van der Waals surface area contributed by atoms with E-state index in [0.29, 0.717) is 12.8 Å². The van der Waals surface area contributed by atoms with Crippen molar-refractivity contribution in [2.75, 3.05) is 0 Å². The Labute approximate surface area is 93.7 Å². The lowest BCUT2D eigenvalue weighted by atomic mass is 9.71. The van der Waals surface area contributed by atoms with Crippen LogP contribution in [0.1, 0.15) is 42.1 Å². The quantitative estimate of drug-likeness (QED) is 0.755. The number of aryl methyl sites for hydroxylation is 1. The van der Waals surface area contributed by atoms with Crippen LogP contribution in [0.3, 0.4) is 0 Å². The fraction of sp³-hybridized carbons (Fsp3) is 0.462. The Morgan fingerprint density at radius 2 is 2.25 bits per heavy atom. The van der Waals surface area contributed by atoms with Crippen LogP contribution in [0, 0.1) is 0 Å². The van der Waals surface area contributed by atoms with Gasteiger partial charge in [-0.25, -0.2) is 0 Å². The summed E-state index contributed by atoms with van der Waals surface area (Å²) >= 11 is 0. The molecule has 84 valence electrons. The average molecular weight is 218 g/mol. The number of hydrogen-bond donors (Lipinski definition) is 2. The number of carbonyl (C=O) groups is 1. The Balaban J connectivity index is 2.29. The van der Waals surface area contributed by atoms with Gasteiger partial charge in [0.2, 0.25) is 0 Å². The Morgan fingerprint density at radius 1 is 1.44 bits per heavy atom. The molecule has 0 spiro atoms. The number of carboxylic acid groups (broad SMARTS) is 1. The van der Waals surface area contributed by atoms with Crippen molar-refractivity contribution in [1.82, 2.24) is 0 Å². The minimum absolute atomic E-state index is 0.342. The zero-order valence-electron chi connectivity index (χ0n) is 8.94. The Hall–Kier alpha value is -1.35. The lowest BCUT2D eigenvalue weighted by molar-refractivity contribution is -0.145. The standard InChI is InChI=1S/C13H14O3/c14-10-7-13(12(15)16)6-2-4-8-3-1-5-9(10)11(8)13/h1,3,5,10,14H,2,4,6-7H2,(H,15,16)/t10-,13+/m1/s1. The third-order valence-electron chi connectivity index (χ3n) is 4.02. The van der Waals surface area contributed by atoms with Gasteiger partial charge in [-0.2, -0.15) is 0 Å². The number of rotatable bonds is 1. The molecule has 0 aromatic heterocycles. The maximum atomic E-state index is 11.5. The molecule has 0 fully saturated rings. The summed E-state index contributed by atoms with van der Waals surface area (Å²) in [5.41, 5.74) is 2.03. The Bertz CT molecular complexity index is 466. The second-order valence-electron chi connectivity index (χ2n) is 4.84. The van der Waals surface area contributed by atoms with E-state index in [1.807, 2.05) is 18.2 Å². The minimum Gasteiger partial charge on any atom is -0.481 e. The van der Waals surface area contributed by atoms with Crippen LogP contribution in [-0.4, -0.2) is 16.2 Å². The van der Waals surface area contributed by atoms with E-state index in [4.69, 9.17) is 0 Å². The zero-order chi connectivity index (χ0) is 11.3. The highest BCUT2D eigenvalue weighted by molar-refractivity contribution is 5.84. The van der Waals surface area contributed by atoms with E-state index in [9.17, 15) is 15.0 Å². The van der Waals surface area contributed by atoms with Crippen LogP contribution in [0.15, 0.2) is 18.2 Å². The summed E-state index contributed by atoms with van der Waals surface area (Å²) in [6, 6.07) is 5.77. The van der Waals surface area contributed by atoms with Gasteiger partial charge in [0.15, 0.2) is 0 Å². The summed E-state index contributed by atoms with van der Waals surface area (Å²) in [4.78, 5) is 11.5. The number of aliphatic hydroxyl groups excluding tert-OH is 1. The SMILES string of the molecule is O=C(O)[C@]12CCCc3cccc(c31)[C@H](O)C2. The molecule has 3 heteroatoms. The number of hydrogen-bond acceptors (Lipinski definition) is 2. The number of benzene rings is 1. The number of aliphatic carboxylic acids is 1. The molecular formula is C13H14O3. The minimum atomic E-state index is -0.816. The summed E-state index contributed by atoms with van der Waals surface area (Å²) in [6.45, 7) is 0. The van der Waals surface area contributed by atoms with Crippen LogP contribution in [0.4, 0.5) is 0 Å². The molecule has 16 heavy (non-hydrogen) atoms. The highest BCUT2D eigenvalue weighted by atomic mass is 16.4. The third kappa shape index (κ3) is 1.04. The molecule has 0 amide bonds. The lowest BCUT2D eigenvalue weighted by Crippen LogP contribution is -2.36. The molecule has 1 aromatic carbocycles. The molecule has 2 N–H and O–H groups in total. The normalized spacial score (nSPS) is 31.2. The van der Waals surface area contributed by atoms with Crippen molar-refractivity contribution in [3.8, 4) is 0 Å². The predicted molar refractivity (Wildman–Crippen MR) is 58.3 cm³/mol. The fourth-order valence-electron chi connectivity index (χ4n) is 3.34. The monoisotopic (exact) mass is 218 g/mol. The van der Waals surface area contributed by atoms with E-state index in [1.165, 1.54) is 0 Å². The first-order valence-electron chi connectivity index (χ1n) is 5.69. The lowest BCUT2D eigenvalue weighted by Gasteiger charge is -2.31. The molecule has 0 unspecified atom stereocenters. The summed E-state index contributed by atoms with van der Waals surface area (Å²) in [5, 5.41) is 19.5. The van der Waals surface area contributed by atoms with E-state index >= 15 is 0 Å². The molecule has 0 radical (unpaired) electrons. The third-order valence-corrected chi connectivity index (χ3v) is 4.02. The van der Waals surface area contributed by atoms with Crippen LogP contribution >= 0.6 is 0 Å². The van der Waals surface area contributed by atoms with Crippen LogP contribution in [-0.2, 0) is 16.6 Å². The molecule has 0 saturated carbocycles. The second-order valence-corrected chi connectivity index (χ2v) is 4.84. The van der Waals surface area contributed by atoms with E-state index in [1.54, 1.807) is 0 Å². The molecule has 3 rings (SSSR count). The van der Waals surface area contributed by atoms with Crippen molar-refractivity contribution in [1.29, 1.82) is 0 Å². The number of carboxylic acids is 1. The van der Waals surface area contributed by atoms with Gasteiger partial charge in [-0.3, -0.25) is 4.79 Å². The Kier molecular flexibility index (Phi) is 1.89. The first-order valence-corrected chi connectivity index (χ1v) is 5.69. The van der Waals surface area contributed by atoms with Gasteiger partial charge in [0.1, 0.15) is 0 Å². The summed E-state index contributed by atoms with van der Waals surface area (Å²) in [5.74, 6) is -0.780. The predicted octanol–water partition coefficient (Wildman–Crippen LogP) is 1.78. The first kappa shape index (κ1) is 9.85. The highest BCUT2D eigenvalue weighted by Gasteiger charge is 2.51. The molecule has 0 heterocycles. The van der Waals surface area contributed by atoms with Gasteiger partial charge in [-0.05, 0) is 42.4 Å². The molecule has 0 saturated heterocycles. The molecular weight excluding hydrogens is 204 g/mol. The molecule has 2 atom stereocenters. The van der Waals surface area contributed by atoms with Crippen molar-refractivity contribution in [3.63, 3.8) is 0 Å². The van der Waals surface area contributed by atoms with Gasteiger partial charge < -0.3 is 10.2 Å². The van der Waals surface area contributed by atoms with Gasteiger partial charge in [-0.15, -0.1) is 0 Å². The van der Waals surface area contributed by atoms with E-state index in [0.717, 1.165) is 29.5 Å². The van der Waals surface area contributed by atoms with Crippen molar-refractivity contribution in [2.24, 2.45) is 0 Å². The van der Waals surface area contributed by atoms with Gasteiger partial charge in [0.25, 0.3) is 0 Å². The van der Waals surface area contributed by atoms with Gasteiger partial charge in [0, 0.05) is 0 Å². The molecule has 2 aliphatic rings. The highest BCUT2D eigenvalue weighted by Crippen LogP contribution is 2.51. The van der Waals surface area contributed by atoms with Crippen molar-refractivity contribution in [2.45, 2.75) is 37.2 Å². The molecule has 1 aromatic rings. The van der Waals surface area contributed by atoms with Crippen LogP contribution in [0.5, 0.6) is 0 Å². The summed E-state index contributed by atoms with van der Waals surface area (Å²) in [6.07, 6.45) is 2.22. The first-order chi connectivity index (χ1) is 7.65. The fourth-order valence-corrected chi connectivity index (χ4v) is 3.34. The van der Waals surface area contributed by atoms with E-state index < -0.39 is 17.5 Å². The largest absolute Gasteiger partial charge is 0.481 e. The zero-order valence-corrected chi connectivity index (χ0v) is 8.94. The topological polar surface area (TPSA) is 57.5 Å². The van der Waals surface area contributed by atoms with Crippen LogP contribution in [0.2, 0.25) is 0 Å². The van der Waals surface area contributed by atoms with Crippen LogP contribution < -0.4 is 0 Å². The second kappa shape index (κ2) is 3.08. The van der Waals surface area contributed by atoms with Crippen LogP contribution in [0.25, 0.3) is 0 Å². The molecule has 3 nitrogen and oxygen atoms in total. The van der Waals surface area contributed by atoms with Crippen molar-refractivity contribution in [3.05, 3.63) is 34.9 Å². The van der Waals surface area contributed by atoms with E-state index in [2.05, 4.69) is 0 Å². The summed E-state index contributed by atoms with van der Waals surface area (Å²) < 4.78 is 0. The molecule has 2 aliphatic carbocycles. The van der Waals surface area contributed by atoms with Crippen molar-refractivity contribution < 1.29 is 15.0 Å². The summed E-state index contributed by atoms with van der Waals surface area (Å²) in [7, 11) is 0. The van der Waals surface area contributed by atoms with Gasteiger partial charge >= 0.3 is 5.97 Å². The van der Waals surface area contributed by atoms with E-state index in [-0.39, 0.29) is 0 Å². The maximum absolute atomic E-state index is 11.5. The van der Waals surface area contributed by atoms with Crippen molar-refractivity contribution >= 4 is 5.97 Å². The molecule has 0 aliphatic heterocycles. The average Bonchev–Trinajstić information content (AvgIpc) is 2.56.